The summed E-state index contributed by atoms with van der Waals surface area (Å²) < 4.78 is 7.49. The Morgan fingerprint density at radius 2 is 1.90 bits per heavy atom. The van der Waals surface area contributed by atoms with E-state index in [0.29, 0.717) is 16.9 Å². The third kappa shape index (κ3) is 2.42. The minimum Gasteiger partial charge on any atom is -0.495 e. The van der Waals surface area contributed by atoms with E-state index in [1.54, 1.807) is 7.11 Å². The van der Waals surface area contributed by atoms with Crippen molar-refractivity contribution >= 4 is 37.5 Å². The van der Waals surface area contributed by atoms with E-state index in [1.807, 2.05) is 0 Å². The maximum absolute atomic E-state index is 5.44. The van der Waals surface area contributed by atoms with Crippen molar-refractivity contribution in [2.45, 2.75) is 46.1 Å². The van der Waals surface area contributed by atoms with Crippen LogP contribution >= 0.6 is 31.9 Å². The zero-order valence-corrected chi connectivity index (χ0v) is 16.3. The number of halogens is 2. The quantitative estimate of drug-likeness (QED) is 0.667. The molecule has 0 radical (unpaired) electrons. The predicted molar refractivity (Wildman–Crippen MR) is 95.0 cm³/mol. The molecule has 2 saturated carbocycles. The van der Waals surface area contributed by atoms with Gasteiger partial charge < -0.3 is 10.1 Å². The van der Waals surface area contributed by atoms with Crippen molar-refractivity contribution in [2.24, 2.45) is 16.7 Å². The molecule has 1 aromatic rings. The summed E-state index contributed by atoms with van der Waals surface area (Å²) in [5.74, 6) is 1.71. The van der Waals surface area contributed by atoms with Gasteiger partial charge in [-0.3, -0.25) is 0 Å². The summed E-state index contributed by atoms with van der Waals surface area (Å²) in [7, 11) is 1.71. The summed E-state index contributed by atoms with van der Waals surface area (Å²) in [4.78, 5) is 0. The molecule has 1 aromatic carbocycles. The Hall–Kier alpha value is -0.220. The molecule has 3 rings (SSSR count). The number of nitrogens with one attached hydrogen (secondary N) is 1. The largest absolute Gasteiger partial charge is 0.495 e. The second-order valence-corrected chi connectivity index (χ2v) is 9.17. The van der Waals surface area contributed by atoms with Crippen LogP contribution in [0.2, 0.25) is 0 Å². The smallest absolute Gasteiger partial charge is 0.135 e. The van der Waals surface area contributed by atoms with Crippen molar-refractivity contribution in [1.29, 1.82) is 0 Å². The molecule has 0 aromatic heterocycles. The van der Waals surface area contributed by atoms with Crippen LogP contribution < -0.4 is 10.1 Å². The highest BCUT2D eigenvalue weighted by Gasteiger charge is 2.59. The van der Waals surface area contributed by atoms with Crippen LogP contribution in [0.25, 0.3) is 0 Å². The van der Waals surface area contributed by atoms with Crippen molar-refractivity contribution in [2.75, 3.05) is 12.4 Å². The first-order valence-corrected chi connectivity index (χ1v) is 9.16. The number of anilines is 1. The molecule has 0 saturated heterocycles. The van der Waals surface area contributed by atoms with E-state index in [-0.39, 0.29) is 0 Å². The van der Waals surface area contributed by atoms with Gasteiger partial charge in [0, 0.05) is 16.6 Å². The number of ether oxygens (including phenoxy) is 1. The van der Waals surface area contributed by atoms with E-state index >= 15 is 0 Å². The van der Waals surface area contributed by atoms with Crippen LogP contribution in [0, 0.1) is 16.7 Å². The maximum atomic E-state index is 5.44. The van der Waals surface area contributed by atoms with Gasteiger partial charge in [0.2, 0.25) is 0 Å². The number of hydrogen-bond acceptors (Lipinski definition) is 2. The van der Waals surface area contributed by atoms with E-state index in [0.717, 1.165) is 26.3 Å². The Labute approximate surface area is 144 Å². The maximum Gasteiger partial charge on any atom is 0.135 e. The molecule has 1 N–H and O–H groups in total. The lowest BCUT2D eigenvalue weighted by Crippen LogP contribution is -2.45. The van der Waals surface area contributed by atoms with Gasteiger partial charge in [0.05, 0.1) is 17.3 Å². The topological polar surface area (TPSA) is 21.3 Å². The van der Waals surface area contributed by atoms with Gasteiger partial charge >= 0.3 is 0 Å². The zero-order valence-electron chi connectivity index (χ0n) is 13.1. The van der Waals surface area contributed by atoms with Crippen molar-refractivity contribution in [1.82, 2.24) is 0 Å². The summed E-state index contributed by atoms with van der Waals surface area (Å²) in [6, 6.07) is 4.65. The molecule has 2 aliphatic carbocycles. The lowest BCUT2D eigenvalue weighted by Gasteiger charge is -2.43. The summed E-state index contributed by atoms with van der Waals surface area (Å²) in [5, 5.41) is 3.83. The molecule has 2 aliphatic rings. The molecular formula is C17H23Br2NO. The van der Waals surface area contributed by atoms with Crippen LogP contribution in [0.4, 0.5) is 5.69 Å². The first-order valence-electron chi connectivity index (χ1n) is 7.57. The average molecular weight is 417 g/mol. The molecular weight excluding hydrogens is 394 g/mol. The minimum atomic E-state index is 0.340. The average Bonchev–Trinajstić information content (AvgIpc) is 2.88. The highest BCUT2D eigenvalue weighted by Crippen LogP contribution is 2.63. The summed E-state index contributed by atoms with van der Waals surface area (Å²) in [6.07, 6.45) is 4.07. The molecule has 0 spiro atoms. The SMILES string of the molecule is COc1cc(NC2C(C)(C)[C@H]3CC[C@]2(C)C3)c(Br)cc1Br. The van der Waals surface area contributed by atoms with Gasteiger partial charge in [0.25, 0.3) is 0 Å². The van der Waals surface area contributed by atoms with Crippen LogP contribution in [0.5, 0.6) is 5.75 Å². The van der Waals surface area contributed by atoms with E-state index in [4.69, 9.17) is 4.74 Å². The van der Waals surface area contributed by atoms with Crippen LogP contribution in [0.15, 0.2) is 21.1 Å². The van der Waals surface area contributed by atoms with Gasteiger partial charge in [-0.1, -0.05) is 20.8 Å². The van der Waals surface area contributed by atoms with Crippen LogP contribution in [0.1, 0.15) is 40.0 Å². The summed E-state index contributed by atoms with van der Waals surface area (Å²) in [5.41, 5.74) is 1.88. The van der Waals surface area contributed by atoms with Crippen LogP contribution in [-0.2, 0) is 0 Å². The molecule has 2 nitrogen and oxygen atoms in total. The van der Waals surface area contributed by atoms with Gasteiger partial charge in [0.1, 0.15) is 5.75 Å². The first-order chi connectivity index (χ1) is 9.78. The standard InChI is InChI=1S/C17H23Br2NO/c1-16(2)10-5-6-17(3,9-10)15(16)20-13-8-14(21-4)12(19)7-11(13)18/h7-8,10,15,20H,5-6,9H2,1-4H3/t10-,15?,17+/m0/s1. The number of fused-ring (bicyclic) bond motifs is 2. The molecule has 0 heterocycles. The van der Waals surface area contributed by atoms with E-state index in [9.17, 15) is 0 Å². The molecule has 2 bridgehead atoms. The number of hydrogen-bond donors (Lipinski definition) is 1. The zero-order chi connectivity index (χ0) is 15.4. The monoisotopic (exact) mass is 415 g/mol. The Balaban J connectivity index is 1.93. The van der Waals surface area contributed by atoms with Gasteiger partial charge in [-0.05, 0) is 73.9 Å². The minimum absolute atomic E-state index is 0.340. The van der Waals surface area contributed by atoms with Crippen molar-refractivity contribution in [3.8, 4) is 5.75 Å². The third-order valence-corrected chi connectivity index (χ3v) is 7.09. The first kappa shape index (κ1) is 15.7. The fourth-order valence-corrected chi connectivity index (χ4v) is 5.88. The Morgan fingerprint density at radius 1 is 1.19 bits per heavy atom. The highest BCUT2D eigenvalue weighted by molar-refractivity contribution is 9.11. The third-order valence-electron chi connectivity index (χ3n) is 5.81. The second-order valence-electron chi connectivity index (χ2n) is 7.46. The van der Waals surface area contributed by atoms with Crippen molar-refractivity contribution in [3.05, 3.63) is 21.1 Å². The fraction of sp³-hybridized carbons (Fsp3) is 0.647. The van der Waals surface area contributed by atoms with E-state index in [2.05, 4.69) is 70.1 Å². The fourth-order valence-electron chi connectivity index (χ4n) is 4.61. The Kier molecular flexibility index (Phi) is 3.85. The lowest BCUT2D eigenvalue weighted by atomic mass is 9.68. The molecule has 4 heteroatoms. The Bertz CT molecular complexity index is 567. The summed E-state index contributed by atoms with van der Waals surface area (Å²) >= 11 is 7.21. The van der Waals surface area contributed by atoms with E-state index in [1.165, 1.54) is 19.3 Å². The highest BCUT2D eigenvalue weighted by atomic mass is 79.9. The van der Waals surface area contributed by atoms with Gasteiger partial charge in [0.15, 0.2) is 0 Å². The van der Waals surface area contributed by atoms with Crippen molar-refractivity contribution < 1.29 is 4.74 Å². The molecule has 116 valence electrons. The lowest BCUT2D eigenvalue weighted by molar-refractivity contribution is 0.155. The molecule has 0 aliphatic heterocycles. The number of benzene rings is 1. The van der Waals surface area contributed by atoms with E-state index < -0.39 is 0 Å². The van der Waals surface area contributed by atoms with Crippen LogP contribution in [-0.4, -0.2) is 13.2 Å². The number of rotatable bonds is 3. The van der Waals surface area contributed by atoms with Gasteiger partial charge in [-0.15, -0.1) is 0 Å². The van der Waals surface area contributed by atoms with Gasteiger partial charge in [-0.25, -0.2) is 0 Å². The molecule has 2 fully saturated rings. The molecule has 1 unspecified atom stereocenters. The van der Waals surface area contributed by atoms with Crippen molar-refractivity contribution in [3.63, 3.8) is 0 Å². The molecule has 21 heavy (non-hydrogen) atoms. The molecule has 3 atom stereocenters. The number of methoxy groups -OCH3 is 1. The Morgan fingerprint density at radius 3 is 2.48 bits per heavy atom. The van der Waals surface area contributed by atoms with Crippen LogP contribution in [0.3, 0.4) is 0 Å². The van der Waals surface area contributed by atoms with Gasteiger partial charge in [-0.2, -0.15) is 0 Å². The summed E-state index contributed by atoms with van der Waals surface area (Å²) in [6.45, 7) is 7.29. The molecule has 0 amide bonds. The normalized spacial score (nSPS) is 33.2. The predicted octanol–water partition coefficient (Wildman–Crippen LogP) is 5.85. The second kappa shape index (κ2) is 5.16.